The molecule has 1 saturated heterocycles. The van der Waals surface area contributed by atoms with Gasteiger partial charge in [0.2, 0.25) is 5.91 Å². The van der Waals surface area contributed by atoms with Gasteiger partial charge in [-0.25, -0.2) is 4.79 Å². The number of ether oxygens (including phenoxy) is 1. The van der Waals surface area contributed by atoms with Crippen LogP contribution in [0.25, 0.3) is 0 Å². The van der Waals surface area contributed by atoms with Gasteiger partial charge >= 0.3 is 5.97 Å². The molecule has 4 rings (SSSR count). The maximum Gasteiger partial charge on any atom is 0.338 e. The number of rotatable bonds is 8. The van der Waals surface area contributed by atoms with E-state index in [0.717, 1.165) is 35.1 Å². The van der Waals surface area contributed by atoms with Crippen LogP contribution in [0.15, 0.2) is 91.0 Å². The second-order valence-electron chi connectivity index (χ2n) is 9.14. The van der Waals surface area contributed by atoms with E-state index >= 15 is 0 Å². The lowest BCUT2D eigenvalue weighted by Crippen LogP contribution is -2.51. The molecule has 0 bridgehead atoms. The zero-order chi connectivity index (χ0) is 23.3. The lowest BCUT2D eigenvalue weighted by molar-refractivity contribution is -0.899. The maximum atomic E-state index is 13.2. The fourth-order valence-corrected chi connectivity index (χ4v) is 5.28. The zero-order valence-electron chi connectivity index (χ0n) is 19.0. The molecule has 1 heterocycles. The van der Waals surface area contributed by atoms with Crippen molar-refractivity contribution >= 4 is 11.9 Å². The zero-order valence-corrected chi connectivity index (χ0v) is 19.0. The van der Waals surface area contributed by atoms with Crippen LogP contribution in [0, 0.1) is 5.92 Å². The van der Waals surface area contributed by atoms with Crippen molar-refractivity contribution in [1.29, 1.82) is 0 Å². The standard InChI is InChI=1S/C28H30N2O3/c1-30(19-20-33-26(31)22-11-5-2-6-12-22)18-17-25(21-30)28(27(29)32,23-13-7-3-8-14-23)24-15-9-4-10-16-24/h2-16,25H,17-21H2,1H3,(H-,29,32)/p+1/t25?,30-/m0/s1. The van der Waals surface area contributed by atoms with Gasteiger partial charge in [-0.05, 0) is 23.3 Å². The number of carbonyl (C=O) groups excluding carboxylic acids is 2. The Morgan fingerprint density at radius 1 is 0.909 bits per heavy atom. The second kappa shape index (κ2) is 9.59. The average Bonchev–Trinajstić information content (AvgIpc) is 3.23. The van der Waals surface area contributed by atoms with E-state index in [4.69, 9.17) is 10.5 Å². The number of hydrogen-bond donors (Lipinski definition) is 1. The van der Waals surface area contributed by atoms with Crippen molar-refractivity contribution in [2.24, 2.45) is 11.7 Å². The van der Waals surface area contributed by atoms with Crippen LogP contribution < -0.4 is 5.73 Å². The smallest absolute Gasteiger partial charge is 0.338 e. The Hall–Kier alpha value is -3.44. The second-order valence-corrected chi connectivity index (χ2v) is 9.14. The monoisotopic (exact) mass is 443 g/mol. The van der Waals surface area contributed by atoms with Crippen LogP contribution in [0.5, 0.6) is 0 Å². The number of benzene rings is 3. The highest BCUT2D eigenvalue weighted by Gasteiger charge is 2.53. The van der Waals surface area contributed by atoms with E-state index in [1.165, 1.54) is 0 Å². The minimum atomic E-state index is -0.904. The number of hydrogen-bond acceptors (Lipinski definition) is 3. The third-order valence-corrected chi connectivity index (χ3v) is 7.01. The van der Waals surface area contributed by atoms with Crippen molar-refractivity contribution in [3.63, 3.8) is 0 Å². The van der Waals surface area contributed by atoms with Gasteiger partial charge in [0.15, 0.2) is 0 Å². The lowest BCUT2D eigenvalue weighted by atomic mass is 9.64. The van der Waals surface area contributed by atoms with Gasteiger partial charge in [0, 0.05) is 12.3 Å². The largest absolute Gasteiger partial charge is 0.456 e. The van der Waals surface area contributed by atoms with Crippen LogP contribution in [0.1, 0.15) is 27.9 Å². The Labute approximate surface area is 195 Å². The quantitative estimate of drug-likeness (QED) is 0.426. The van der Waals surface area contributed by atoms with Crippen molar-refractivity contribution in [2.45, 2.75) is 11.8 Å². The summed E-state index contributed by atoms with van der Waals surface area (Å²) in [5, 5.41) is 0. The maximum absolute atomic E-state index is 13.2. The predicted molar refractivity (Wildman–Crippen MR) is 128 cm³/mol. The van der Waals surface area contributed by atoms with Gasteiger partial charge < -0.3 is 15.0 Å². The molecule has 33 heavy (non-hydrogen) atoms. The van der Waals surface area contributed by atoms with E-state index < -0.39 is 5.41 Å². The molecule has 2 N–H and O–H groups in total. The summed E-state index contributed by atoms with van der Waals surface area (Å²) in [6.45, 7) is 2.68. The fraction of sp³-hybridized carbons (Fsp3) is 0.286. The molecule has 1 unspecified atom stereocenters. The van der Waals surface area contributed by atoms with Gasteiger partial charge in [-0.15, -0.1) is 0 Å². The van der Waals surface area contributed by atoms with Crippen molar-refractivity contribution in [2.75, 3.05) is 33.3 Å². The van der Waals surface area contributed by atoms with Crippen LogP contribution in [0.4, 0.5) is 0 Å². The molecule has 5 heteroatoms. The Morgan fingerprint density at radius 2 is 1.42 bits per heavy atom. The minimum absolute atomic E-state index is 0.0367. The van der Waals surface area contributed by atoms with Gasteiger partial charge in [0.25, 0.3) is 0 Å². The Bertz CT molecular complexity index is 1050. The number of primary amides is 1. The normalized spacial score (nSPS) is 20.3. The summed E-state index contributed by atoms with van der Waals surface area (Å²) in [6.07, 6.45) is 0.857. The van der Waals surface area contributed by atoms with Crippen LogP contribution in [-0.4, -0.2) is 49.6 Å². The molecule has 1 aliphatic rings. The first-order chi connectivity index (χ1) is 16.0. The molecule has 3 aromatic rings. The molecule has 170 valence electrons. The third kappa shape index (κ3) is 4.55. The van der Waals surface area contributed by atoms with Gasteiger partial charge in [-0.1, -0.05) is 78.9 Å². The van der Waals surface area contributed by atoms with E-state index in [-0.39, 0.29) is 17.8 Å². The summed E-state index contributed by atoms with van der Waals surface area (Å²) in [4.78, 5) is 25.5. The van der Waals surface area contributed by atoms with E-state index in [0.29, 0.717) is 18.7 Å². The first-order valence-corrected chi connectivity index (χ1v) is 11.4. The highest BCUT2D eigenvalue weighted by atomic mass is 16.5. The third-order valence-electron chi connectivity index (χ3n) is 7.01. The fourth-order valence-electron chi connectivity index (χ4n) is 5.28. The molecule has 3 aromatic carbocycles. The molecule has 0 spiro atoms. The Kier molecular flexibility index (Phi) is 6.61. The van der Waals surface area contributed by atoms with Gasteiger partial charge in [-0.2, -0.15) is 0 Å². The summed E-state index contributed by atoms with van der Waals surface area (Å²) in [5.74, 6) is -0.596. The lowest BCUT2D eigenvalue weighted by Gasteiger charge is -2.38. The summed E-state index contributed by atoms with van der Waals surface area (Å²) in [6, 6.07) is 28.8. The first kappa shape index (κ1) is 22.7. The molecule has 0 aliphatic carbocycles. The number of likely N-dealkylation sites (tertiary alicyclic amines) is 1. The highest BCUT2D eigenvalue weighted by Crippen LogP contribution is 2.44. The molecule has 1 aliphatic heterocycles. The molecule has 2 atom stereocenters. The number of nitrogens with zero attached hydrogens (tertiary/aromatic N) is 1. The number of esters is 1. The van der Waals surface area contributed by atoms with Crippen LogP contribution in [0.2, 0.25) is 0 Å². The topological polar surface area (TPSA) is 69.4 Å². The van der Waals surface area contributed by atoms with E-state index in [1.54, 1.807) is 12.1 Å². The Morgan fingerprint density at radius 3 is 1.94 bits per heavy atom. The molecule has 0 saturated carbocycles. The van der Waals surface area contributed by atoms with Crippen LogP contribution >= 0.6 is 0 Å². The van der Waals surface area contributed by atoms with Crippen molar-refractivity contribution in [3.05, 3.63) is 108 Å². The van der Waals surface area contributed by atoms with E-state index in [9.17, 15) is 9.59 Å². The number of likely N-dealkylation sites (N-methyl/N-ethyl adjacent to an activating group) is 1. The molecule has 0 aromatic heterocycles. The first-order valence-electron chi connectivity index (χ1n) is 11.4. The van der Waals surface area contributed by atoms with Crippen LogP contribution in [0.3, 0.4) is 0 Å². The number of quaternary nitrogens is 1. The van der Waals surface area contributed by atoms with Gasteiger partial charge in [0.1, 0.15) is 18.6 Å². The molecule has 1 amide bonds. The molecule has 0 radical (unpaired) electrons. The number of carbonyl (C=O) groups is 2. The van der Waals surface area contributed by atoms with Crippen molar-refractivity contribution < 1.29 is 18.8 Å². The molecular formula is C28H31N2O3+. The SMILES string of the molecule is C[N@@+]1(CCOC(=O)c2ccccc2)CCC(C(C(N)=O)(c2ccccc2)c2ccccc2)C1. The predicted octanol–water partition coefficient (Wildman–Crippen LogP) is 3.78. The average molecular weight is 444 g/mol. The Balaban J connectivity index is 1.55. The summed E-state index contributed by atoms with van der Waals surface area (Å²) < 4.78 is 6.27. The summed E-state index contributed by atoms with van der Waals surface area (Å²) in [7, 11) is 2.16. The van der Waals surface area contributed by atoms with Crippen molar-refractivity contribution in [1.82, 2.24) is 0 Å². The van der Waals surface area contributed by atoms with E-state index in [1.807, 2.05) is 78.9 Å². The highest BCUT2D eigenvalue weighted by molar-refractivity contribution is 5.91. The van der Waals surface area contributed by atoms with Crippen LogP contribution in [-0.2, 0) is 14.9 Å². The van der Waals surface area contributed by atoms with Gasteiger partial charge in [-0.3, -0.25) is 4.79 Å². The van der Waals surface area contributed by atoms with Gasteiger partial charge in [0.05, 0.1) is 25.7 Å². The number of amides is 1. The minimum Gasteiger partial charge on any atom is -0.456 e. The number of nitrogens with two attached hydrogens (primary N) is 1. The molecular weight excluding hydrogens is 412 g/mol. The molecule has 5 nitrogen and oxygen atoms in total. The summed E-state index contributed by atoms with van der Waals surface area (Å²) in [5.41, 5.74) is 7.70. The molecule has 1 fully saturated rings. The summed E-state index contributed by atoms with van der Waals surface area (Å²) >= 11 is 0. The van der Waals surface area contributed by atoms with E-state index in [2.05, 4.69) is 7.05 Å². The van der Waals surface area contributed by atoms with Crippen molar-refractivity contribution in [3.8, 4) is 0 Å².